The first-order valence-corrected chi connectivity index (χ1v) is 15.4. The number of aryl methyl sites for hydroxylation is 2. The van der Waals surface area contributed by atoms with Crippen LogP contribution in [0.25, 0.3) is 0 Å². The van der Waals surface area contributed by atoms with Gasteiger partial charge in [0.1, 0.15) is 12.6 Å². The lowest BCUT2D eigenvalue weighted by Crippen LogP contribution is -2.56. The van der Waals surface area contributed by atoms with Crippen molar-refractivity contribution in [3.63, 3.8) is 0 Å². The van der Waals surface area contributed by atoms with Gasteiger partial charge in [0, 0.05) is 18.5 Å². The molecule has 0 bridgehead atoms. The Morgan fingerprint density at radius 2 is 1.48 bits per heavy atom. The minimum Gasteiger partial charge on any atom is -0.350 e. The molecule has 0 aromatic heterocycles. The van der Waals surface area contributed by atoms with Crippen molar-refractivity contribution in [2.75, 3.05) is 17.1 Å². The van der Waals surface area contributed by atoms with Crippen molar-refractivity contribution in [1.29, 1.82) is 0 Å². The maximum Gasteiger partial charge on any atom is 0.244 e. The van der Waals surface area contributed by atoms with Crippen molar-refractivity contribution in [1.82, 2.24) is 10.2 Å². The zero-order valence-electron chi connectivity index (χ0n) is 24.3. The number of carbonyl (C=O) groups is 2. The fourth-order valence-electron chi connectivity index (χ4n) is 4.54. The molecule has 3 aromatic rings. The highest BCUT2D eigenvalue weighted by atomic mass is 32.2. The van der Waals surface area contributed by atoms with Gasteiger partial charge in [-0.3, -0.25) is 13.9 Å². The van der Waals surface area contributed by atoms with Gasteiger partial charge < -0.3 is 10.2 Å². The quantitative estimate of drug-likeness (QED) is 0.360. The van der Waals surface area contributed by atoms with Crippen LogP contribution in [0.2, 0.25) is 0 Å². The number of nitrogens with zero attached hydrogens (tertiary/aromatic N) is 2. The number of hydrogen-bond donors (Lipinski definition) is 1. The molecule has 40 heavy (non-hydrogen) atoms. The van der Waals surface area contributed by atoms with E-state index >= 15 is 0 Å². The Bertz CT molecular complexity index is 1400. The first-order chi connectivity index (χ1) is 18.8. The fraction of sp³-hybridized carbons (Fsp3) is 0.375. The Balaban J connectivity index is 2.09. The smallest absolute Gasteiger partial charge is 0.244 e. The summed E-state index contributed by atoms with van der Waals surface area (Å²) in [5, 5.41) is 3.04. The number of carbonyl (C=O) groups excluding carboxylic acids is 2. The second kappa shape index (κ2) is 13.1. The van der Waals surface area contributed by atoms with E-state index in [9.17, 15) is 18.0 Å². The first-order valence-electron chi connectivity index (χ1n) is 13.5. The van der Waals surface area contributed by atoms with Crippen molar-refractivity contribution in [2.24, 2.45) is 0 Å². The van der Waals surface area contributed by atoms with Gasteiger partial charge in [-0.1, -0.05) is 85.3 Å². The van der Waals surface area contributed by atoms with Gasteiger partial charge in [0.05, 0.1) is 11.9 Å². The van der Waals surface area contributed by atoms with Crippen molar-refractivity contribution < 1.29 is 18.0 Å². The Morgan fingerprint density at radius 3 is 2.05 bits per heavy atom. The van der Waals surface area contributed by atoms with Gasteiger partial charge in [0.25, 0.3) is 0 Å². The molecular weight excluding hydrogens is 522 g/mol. The minimum atomic E-state index is -3.81. The van der Waals surface area contributed by atoms with E-state index in [0.717, 1.165) is 32.8 Å². The number of benzene rings is 3. The van der Waals surface area contributed by atoms with Crippen LogP contribution in [0.5, 0.6) is 0 Å². The highest BCUT2D eigenvalue weighted by Gasteiger charge is 2.34. The number of amides is 2. The normalized spacial score (nSPS) is 12.4. The third-order valence-corrected chi connectivity index (χ3v) is 7.69. The molecule has 0 fully saturated rings. The van der Waals surface area contributed by atoms with Crippen LogP contribution >= 0.6 is 0 Å². The summed E-state index contributed by atoms with van der Waals surface area (Å²) in [5.74, 6) is -0.751. The van der Waals surface area contributed by atoms with Crippen LogP contribution in [-0.2, 0) is 39.0 Å². The Morgan fingerprint density at radius 1 is 0.875 bits per heavy atom. The molecule has 0 aliphatic rings. The van der Waals surface area contributed by atoms with E-state index < -0.39 is 34.1 Å². The van der Waals surface area contributed by atoms with Gasteiger partial charge in [0.2, 0.25) is 21.8 Å². The van der Waals surface area contributed by atoms with Gasteiger partial charge in [-0.2, -0.15) is 0 Å². The molecular formula is C32H41N3O4S. The summed E-state index contributed by atoms with van der Waals surface area (Å²) >= 11 is 0. The molecule has 0 spiro atoms. The SMILES string of the molecule is CCc1ccccc1N(CC(=O)N(Cc1ccc(C)cc1)[C@H](Cc1ccccc1)C(=O)NC(C)(C)C)S(C)(=O)=O. The number of para-hydroxylation sites is 1. The van der Waals surface area contributed by atoms with E-state index in [4.69, 9.17) is 0 Å². The van der Waals surface area contributed by atoms with Crippen LogP contribution < -0.4 is 9.62 Å². The van der Waals surface area contributed by atoms with Crippen molar-refractivity contribution in [3.05, 3.63) is 101 Å². The summed E-state index contributed by atoms with van der Waals surface area (Å²) in [6, 6.07) is 23.6. The lowest BCUT2D eigenvalue weighted by Gasteiger charge is -2.35. The average molecular weight is 564 g/mol. The van der Waals surface area contributed by atoms with E-state index in [1.807, 2.05) is 101 Å². The lowest BCUT2D eigenvalue weighted by atomic mass is 10.0. The minimum absolute atomic E-state index is 0.154. The van der Waals surface area contributed by atoms with Crippen LogP contribution in [0.1, 0.15) is 49.9 Å². The van der Waals surface area contributed by atoms with Crippen LogP contribution in [0, 0.1) is 6.92 Å². The molecule has 7 nitrogen and oxygen atoms in total. The Kier molecular flexibility index (Phi) is 10.1. The molecule has 0 unspecified atom stereocenters. The largest absolute Gasteiger partial charge is 0.350 e. The Hall–Kier alpha value is -3.65. The second-order valence-electron chi connectivity index (χ2n) is 11.2. The maximum absolute atomic E-state index is 14.2. The van der Waals surface area contributed by atoms with E-state index in [1.165, 1.54) is 4.90 Å². The predicted molar refractivity (Wildman–Crippen MR) is 162 cm³/mol. The van der Waals surface area contributed by atoms with Gasteiger partial charge in [-0.15, -0.1) is 0 Å². The van der Waals surface area contributed by atoms with Gasteiger partial charge in [0.15, 0.2) is 0 Å². The summed E-state index contributed by atoms with van der Waals surface area (Å²) in [6.45, 7) is 9.34. The van der Waals surface area contributed by atoms with Gasteiger partial charge >= 0.3 is 0 Å². The summed E-state index contributed by atoms with van der Waals surface area (Å²) in [6.07, 6.45) is 1.99. The molecule has 3 rings (SSSR count). The monoisotopic (exact) mass is 563 g/mol. The Labute approximate surface area is 239 Å². The molecule has 0 aliphatic heterocycles. The summed E-state index contributed by atoms with van der Waals surface area (Å²) in [5.41, 5.74) is 3.58. The molecule has 2 amide bonds. The summed E-state index contributed by atoms with van der Waals surface area (Å²) in [4.78, 5) is 29.5. The molecule has 0 aliphatic carbocycles. The first kappa shape index (κ1) is 30.9. The van der Waals surface area contributed by atoms with Crippen LogP contribution in [0.3, 0.4) is 0 Å². The highest BCUT2D eigenvalue weighted by molar-refractivity contribution is 7.92. The second-order valence-corrected chi connectivity index (χ2v) is 13.1. The van der Waals surface area contributed by atoms with E-state index in [2.05, 4.69) is 5.32 Å². The molecule has 0 radical (unpaired) electrons. The summed E-state index contributed by atoms with van der Waals surface area (Å²) < 4.78 is 27.2. The van der Waals surface area contributed by atoms with Crippen LogP contribution in [-0.4, -0.2) is 49.5 Å². The molecule has 3 aromatic carbocycles. The third-order valence-electron chi connectivity index (χ3n) is 6.56. The van der Waals surface area contributed by atoms with E-state index in [0.29, 0.717) is 12.1 Å². The van der Waals surface area contributed by atoms with Gasteiger partial charge in [-0.05, 0) is 56.9 Å². The zero-order valence-corrected chi connectivity index (χ0v) is 25.2. The molecule has 8 heteroatoms. The molecule has 1 atom stereocenters. The zero-order chi connectivity index (χ0) is 29.5. The molecule has 0 saturated heterocycles. The average Bonchev–Trinajstić information content (AvgIpc) is 2.89. The standard InChI is InChI=1S/C32H41N3O4S/c1-7-27-15-11-12-16-28(27)35(40(6,38)39)23-30(36)34(22-26-19-17-24(2)18-20-26)29(31(37)33-32(3,4)5)21-25-13-9-8-10-14-25/h8-20,29H,7,21-23H2,1-6H3,(H,33,37)/t29-/m1/s1. The van der Waals surface area contributed by atoms with E-state index in [1.54, 1.807) is 12.1 Å². The maximum atomic E-state index is 14.2. The van der Waals surface area contributed by atoms with Crippen molar-refractivity contribution in [2.45, 2.75) is 65.6 Å². The molecule has 0 heterocycles. The van der Waals surface area contributed by atoms with Crippen LogP contribution in [0.15, 0.2) is 78.9 Å². The topological polar surface area (TPSA) is 86.8 Å². The number of anilines is 1. The third kappa shape index (κ3) is 8.68. The summed E-state index contributed by atoms with van der Waals surface area (Å²) in [7, 11) is -3.81. The van der Waals surface area contributed by atoms with Gasteiger partial charge in [-0.25, -0.2) is 8.42 Å². The fourth-order valence-corrected chi connectivity index (χ4v) is 5.43. The number of sulfonamides is 1. The van der Waals surface area contributed by atoms with Crippen molar-refractivity contribution >= 4 is 27.5 Å². The van der Waals surface area contributed by atoms with E-state index in [-0.39, 0.29) is 18.9 Å². The number of rotatable bonds is 11. The predicted octanol–water partition coefficient (Wildman–Crippen LogP) is 4.88. The lowest BCUT2D eigenvalue weighted by molar-refractivity contribution is -0.140. The number of nitrogens with one attached hydrogen (secondary N) is 1. The highest BCUT2D eigenvalue weighted by Crippen LogP contribution is 2.25. The molecule has 0 saturated carbocycles. The van der Waals surface area contributed by atoms with Crippen molar-refractivity contribution in [3.8, 4) is 0 Å². The number of hydrogen-bond acceptors (Lipinski definition) is 4. The molecule has 214 valence electrons. The molecule has 1 N–H and O–H groups in total. The van der Waals surface area contributed by atoms with Crippen LogP contribution in [0.4, 0.5) is 5.69 Å².